The van der Waals surface area contributed by atoms with E-state index in [-0.39, 0.29) is 19.0 Å². The maximum absolute atomic E-state index is 11.8. The number of amides is 1. The lowest BCUT2D eigenvalue weighted by atomic mass is 10.00. The average molecular weight is 197 g/mol. The molecule has 0 atom stereocenters. The number of alkyl halides is 3. The second-order valence-electron chi connectivity index (χ2n) is 2.66. The van der Waals surface area contributed by atoms with Gasteiger partial charge in [-0.25, -0.2) is 0 Å². The van der Waals surface area contributed by atoms with Crippen molar-refractivity contribution in [2.24, 2.45) is 5.92 Å². The van der Waals surface area contributed by atoms with Crippen LogP contribution in [0.4, 0.5) is 13.2 Å². The molecule has 0 spiro atoms. The van der Waals surface area contributed by atoms with E-state index in [9.17, 15) is 18.0 Å². The highest BCUT2D eigenvalue weighted by atomic mass is 19.4. The largest absolute Gasteiger partial charge is 0.395 e. The van der Waals surface area contributed by atoms with E-state index < -0.39 is 12.1 Å². The summed E-state index contributed by atoms with van der Waals surface area (Å²) < 4.78 is 35.4. The van der Waals surface area contributed by atoms with Crippen molar-refractivity contribution < 1.29 is 18.0 Å². The van der Waals surface area contributed by atoms with E-state index in [0.717, 1.165) is 0 Å². The first-order chi connectivity index (χ1) is 5.91. The number of hydrogen-bond donors (Lipinski definition) is 0. The quantitative estimate of drug-likeness (QED) is 0.582. The molecule has 1 aliphatic heterocycles. The molecule has 5 heteroatoms. The summed E-state index contributed by atoms with van der Waals surface area (Å²) in [7, 11) is 0. The first-order valence-corrected chi connectivity index (χ1v) is 4.23. The zero-order valence-corrected chi connectivity index (χ0v) is 7.98. The third kappa shape index (κ3) is 3.24. The van der Waals surface area contributed by atoms with Crippen LogP contribution in [0.25, 0.3) is 0 Å². The van der Waals surface area contributed by atoms with Crippen molar-refractivity contribution in [2.45, 2.75) is 26.9 Å². The van der Waals surface area contributed by atoms with E-state index in [0.29, 0.717) is 0 Å². The minimum absolute atomic E-state index is 0.168. The molecule has 0 aromatic heterocycles. The molecule has 1 saturated heterocycles. The molecular formula is C8H14F3NO. The number of nitrogens with zero attached hydrogens (tertiary/aromatic N) is 1. The predicted molar refractivity (Wildman–Crippen MR) is 43.1 cm³/mol. The highest BCUT2D eigenvalue weighted by molar-refractivity contribution is 5.74. The Morgan fingerprint density at radius 1 is 1.31 bits per heavy atom. The fraction of sp³-hybridized carbons (Fsp3) is 0.875. The molecule has 0 aromatic carbocycles. The number of carbonyl (C=O) groups is 1. The van der Waals surface area contributed by atoms with Gasteiger partial charge in [-0.3, -0.25) is 4.79 Å². The van der Waals surface area contributed by atoms with Crippen LogP contribution < -0.4 is 0 Å². The van der Waals surface area contributed by atoms with Crippen LogP contribution in [0.5, 0.6) is 0 Å². The monoisotopic (exact) mass is 197 g/mol. The molecule has 13 heavy (non-hydrogen) atoms. The van der Waals surface area contributed by atoms with Gasteiger partial charge in [-0.05, 0) is 0 Å². The van der Waals surface area contributed by atoms with Gasteiger partial charge in [0, 0.05) is 20.0 Å². The van der Waals surface area contributed by atoms with Crippen LogP contribution in [0.15, 0.2) is 0 Å². The van der Waals surface area contributed by atoms with Gasteiger partial charge in [0.05, 0.1) is 5.92 Å². The number of carbonyl (C=O) groups excluding carboxylic acids is 1. The lowest BCUT2D eigenvalue weighted by molar-refractivity contribution is -0.209. The summed E-state index contributed by atoms with van der Waals surface area (Å²) in [6, 6.07) is 0. The van der Waals surface area contributed by atoms with Gasteiger partial charge in [-0.1, -0.05) is 13.8 Å². The Balaban J connectivity index is 0.000000671. The molecule has 0 aliphatic carbocycles. The normalized spacial score (nSPS) is 17.2. The van der Waals surface area contributed by atoms with Crippen molar-refractivity contribution in [2.75, 3.05) is 13.1 Å². The number of rotatable bonds is 0. The van der Waals surface area contributed by atoms with Crippen molar-refractivity contribution in [3.05, 3.63) is 0 Å². The summed E-state index contributed by atoms with van der Waals surface area (Å²) >= 11 is 0. The zero-order chi connectivity index (χ0) is 10.6. The molecule has 1 aliphatic rings. The van der Waals surface area contributed by atoms with Crippen molar-refractivity contribution >= 4 is 5.91 Å². The molecule has 1 heterocycles. The van der Waals surface area contributed by atoms with E-state index in [4.69, 9.17) is 0 Å². The fourth-order valence-electron chi connectivity index (χ4n) is 0.943. The van der Waals surface area contributed by atoms with E-state index in [2.05, 4.69) is 0 Å². The third-order valence-corrected chi connectivity index (χ3v) is 1.79. The summed E-state index contributed by atoms with van der Waals surface area (Å²) in [5, 5.41) is 0. The Labute approximate surface area is 75.7 Å². The van der Waals surface area contributed by atoms with Crippen molar-refractivity contribution in [1.82, 2.24) is 4.90 Å². The SMILES string of the molecule is CC.CC(=O)N1CC(C(F)(F)F)C1. The molecule has 1 fully saturated rings. The van der Waals surface area contributed by atoms with Gasteiger partial charge in [0.1, 0.15) is 0 Å². The van der Waals surface area contributed by atoms with Crippen LogP contribution in [-0.4, -0.2) is 30.1 Å². The summed E-state index contributed by atoms with van der Waals surface area (Å²) in [5.74, 6) is -1.59. The van der Waals surface area contributed by atoms with Gasteiger partial charge in [0.2, 0.25) is 5.91 Å². The first-order valence-electron chi connectivity index (χ1n) is 4.23. The lowest BCUT2D eigenvalue weighted by Gasteiger charge is -2.39. The maximum atomic E-state index is 11.8. The molecule has 0 radical (unpaired) electrons. The summed E-state index contributed by atoms with van der Waals surface area (Å²) in [4.78, 5) is 11.6. The number of likely N-dealkylation sites (tertiary alicyclic amines) is 1. The highest BCUT2D eigenvalue weighted by Crippen LogP contribution is 2.33. The molecule has 0 bridgehead atoms. The predicted octanol–water partition coefficient (Wildman–Crippen LogP) is 2.05. The fourth-order valence-corrected chi connectivity index (χ4v) is 0.943. The zero-order valence-electron chi connectivity index (χ0n) is 7.98. The molecule has 1 rings (SSSR count). The van der Waals surface area contributed by atoms with Crippen LogP contribution in [0.2, 0.25) is 0 Å². The molecule has 0 aromatic rings. The maximum Gasteiger partial charge on any atom is 0.395 e. The molecule has 2 nitrogen and oxygen atoms in total. The molecule has 0 N–H and O–H groups in total. The van der Waals surface area contributed by atoms with Crippen LogP contribution >= 0.6 is 0 Å². The van der Waals surface area contributed by atoms with Gasteiger partial charge in [-0.2, -0.15) is 13.2 Å². The average Bonchev–Trinajstić information content (AvgIpc) is 1.83. The van der Waals surface area contributed by atoms with E-state index >= 15 is 0 Å². The number of halogens is 3. The van der Waals surface area contributed by atoms with Crippen LogP contribution in [-0.2, 0) is 4.79 Å². The minimum Gasteiger partial charge on any atom is -0.342 e. The van der Waals surface area contributed by atoms with E-state index in [1.54, 1.807) is 0 Å². The Morgan fingerprint density at radius 3 is 1.92 bits per heavy atom. The van der Waals surface area contributed by atoms with Gasteiger partial charge in [0.15, 0.2) is 0 Å². The standard InChI is InChI=1S/C6H8F3NO.C2H6/c1-4(11)10-2-5(3-10)6(7,8)9;1-2/h5H,2-3H2,1H3;1-2H3. The first kappa shape index (κ1) is 12.3. The smallest absolute Gasteiger partial charge is 0.342 e. The van der Waals surface area contributed by atoms with Gasteiger partial charge in [0.25, 0.3) is 0 Å². The van der Waals surface area contributed by atoms with E-state index in [1.807, 2.05) is 13.8 Å². The van der Waals surface area contributed by atoms with Crippen molar-refractivity contribution in [1.29, 1.82) is 0 Å². The lowest BCUT2D eigenvalue weighted by Crippen LogP contribution is -2.54. The van der Waals surface area contributed by atoms with E-state index in [1.165, 1.54) is 11.8 Å². The second-order valence-corrected chi connectivity index (χ2v) is 2.66. The Morgan fingerprint density at radius 2 is 1.69 bits per heavy atom. The van der Waals surface area contributed by atoms with Gasteiger partial charge < -0.3 is 4.90 Å². The van der Waals surface area contributed by atoms with Crippen LogP contribution in [0.1, 0.15) is 20.8 Å². The second kappa shape index (κ2) is 4.48. The molecule has 78 valence electrons. The summed E-state index contributed by atoms with van der Waals surface area (Å²) in [5.41, 5.74) is 0. The van der Waals surface area contributed by atoms with Crippen LogP contribution in [0, 0.1) is 5.92 Å². The highest BCUT2D eigenvalue weighted by Gasteiger charge is 2.47. The van der Waals surface area contributed by atoms with Crippen molar-refractivity contribution in [3.63, 3.8) is 0 Å². The summed E-state index contributed by atoms with van der Waals surface area (Å²) in [6.45, 7) is 4.93. The minimum atomic E-state index is -4.13. The Hall–Kier alpha value is -0.740. The summed E-state index contributed by atoms with van der Waals surface area (Å²) in [6.07, 6.45) is -4.13. The molecule has 0 unspecified atom stereocenters. The molecular weight excluding hydrogens is 183 g/mol. The molecule has 1 amide bonds. The topological polar surface area (TPSA) is 20.3 Å². The third-order valence-electron chi connectivity index (χ3n) is 1.79. The van der Waals surface area contributed by atoms with Gasteiger partial charge >= 0.3 is 6.18 Å². The van der Waals surface area contributed by atoms with Crippen LogP contribution in [0.3, 0.4) is 0 Å². The molecule has 0 saturated carbocycles. The number of hydrogen-bond acceptors (Lipinski definition) is 1. The van der Waals surface area contributed by atoms with Gasteiger partial charge in [-0.15, -0.1) is 0 Å². The Kier molecular flexibility index (Phi) is 4.23. The van der Waals surface area contributed by atoms with Crippen molar-refractivity contribution in [3.8, 4) is 0 Å². The Bertz CT molecular complexity index is 173.